The predicted molar refractivity (Wildman–Crippen MR) is 145 cm³/mol. The molecule has 4 rings (SSSR count). The van der Waals surface area contributed by atoms with Crippen LogP contribution in [0.25, 0.3) is 10.9 Å². The lowest BCUT2D eigenvalue weighted by Gasteiger charge is -2.14. The van der Waals surface area contributed by atoms with Gasteiger partial charge in [-0.25, -0.2) is 4.98 Å². The van der Waals surface area contributed by atoms with E-state index in [1.54, 1.807) is 36.4 Å². The highest BCUT2D eigenvalue weighted by molar-refractivity contribution is 9.10. The van der Waals surface area contributed by atoms with Crippen molar-refractivity contribution < 1.29 is 9.47 Å². The van der Waals surface area contributed by atoms with Crippen LogP contribution >= 0.6 is 50.7 Å². The van der Waals surface area contributed by atoms with Gasteiger partial charge in [-0.15, -0.1) is 0 Å². The minimum atomic E-state index is -0.260. The fourth-order valence-corrected chi connectivity index (χ4v) is 4.36. The number of benzene rings is 3. The van der Waals surface area contributed by atoms with Gasteiger partial charge in [0.1, 0.15) is 12.4 Å². The molecule has 0 aliphatic carbocycles. The Hall–Kier alpha value is -2.58. The van der Waals surface area contributed by atoms with Crippen molar-refractivity contribution in [2.45, 2.75) is 20.0 Å². The zero-order valence-corrected chi connectivity index (χ0v) is 22.5. The van der Waals surface area contributed by atoms with Crippen molar-refractivity contribution in [1.82, 2.24) is 9.66 Å². The van der Waals surface area contributed by atoms with Crippen LogP contribution in [0.1, 0.15) is 23.9 Å². The largest absolute Gasteiger partial charge is 0.493 e. The van der Waals surface area contributed by atoms with Crippen molar-refractivity contribution in [3.63, 3.8) is 0 Å². The third-order valence-electron chi connectivity index (χ3n) is 5.13. The Balaban J connectivity index is 1.65. The molecule has 0 spiro atoms. The molecule has 0 unspecified atom stereocenters. The molecule has 4 aromatic rings. The summed E-state index contributed by atoms with van der Waals surface area (Å²) >= 11 is 22.0. The first kappa shape index (κ1) is 25.5. The van der Waals surface area contributed by atoms with E-state index in [2.05, 4.69) is 26.0 Å². The SMILES string of the molecule is CCc1nc2ccc(Br)cc2c(=O)n1N=Cc1cc(Cl)c(OCc2ccc(Cl)c(Cl)c2)c(OC)c1. The van der Waals surface area contributed by atoms with E-state index in [4.69, 9.17) is 44.3 Å². The molecular weight excluding hydrogens is 577 g/mol. The van der Waals surface area contributed by atoms with Gasteiger partial charge in [-0.1, -0.05) is 63.7 Å². The summed E-state index contributed by atoms with van der Waals surface area (Å²) in [4.78, 5) is 17.7. The number of hydrogen-bond donors (Lipinski definition) is 0. The molecule has 0 saturated carbocycles. The summed E-state index contributed by atoms with van der Waals surface area (Å²) in [6.07, 6.45) is 2.06. The molecule has 0 N–H and O–H groups in total. The van der Waals surface area contributed by atoms with Crippen molar-refractivity contribution in [2.24, 2.45) is 5.10 Å². The summed E-state index contributed by atoms with van der Waals surface area (Å²) in [5.41, 5.74) is 1.81. The fourth-order valence-electron chi connectivity index (χ4n) is 3.41. The van der Waals surface area contributed by atoms with Gasteiger partial charge in [0, 0.05) is 10.9 Å². The Bertz CT molecular complexity index is 1510. The van der Waals surface area contributed by atoms with Gasteiger partial charge >= 0.3 is 0 Å². The second kappa shape index (κ2) is 11.0. The van der Waals surface area contributed by atoms with Gasteiger partial charge in [-0.2, -0.15) is 9.78 Å². The van der Waals surface area contributed by atoms with Gasteiger partial charge in [-0.3, -0.25) is 4.79 Å². The Labute approximate surface area is 225 Å². The first-order chi connectivity index (χ1) is 16.8. The van der Waals surface area contributed by atoms with Crippen LogP contribution in [0.15, 0.2) is 62.9 Å². The number of fused-ring (bicyclic) bond motifs is 1. The highest BCUT2D eigenvalue weighted by Crippen LogP contribution is 2.37. The molecule has 1 aromatic heterocycles. The number of hydrogen-bond acceptors (Lipinski definition) is 5. The fraction of sp³-hybridized carbons (Fsp3) is 0.160. The third-order valence-corrected chi connectivity index (χ3v) is 6.65. The van der Waals surface area contributed by atoms with Crippen LogP contribution in [0.2, 0.25) is 15.1 Å². The second-order valence-corrected chi connectivity index (χ2v) is 9.61. The highest BCUT2D eigenvalue weighted by Gasteiger charge is 2.14. The van der Waals surface area contributed by atoms with Gasteiger partial charge in [0.25, 0.3) is 5.56 Å². The molecule has 0 amide bonds. The number of methoxy groups -OCH3 is 1. The third kappa shape index (κ3) is 5.64. The van der Waals surface area contributed by atoms with Crippen molar-refractivity contribution in [3.8, 4) is 11.5 Å². The molecule has 35 heavy (non-hydrogen) atoms. The number of ether oxygens (including phenoxy) is 2. The van der Waals surface area contributed by atoms with Crippen LogP contribution in [0.5, 0.6) is 11.5 Å². The Morgan fingerprint density at radius 2 is 1.86 bits per heavy atom. The quantitative estimate of drug-likeness (QED) is 0.213. The number of aromatic nitrogens is 2. The summed E-state index contributed by atoms with van der Waals surface area (Å²) in [7, 11) is 1.52. The molecule has 0 saturated heterocycles. The van der Waals surface area contributed by atoms with Crippen LogP contribution < -0.4 is 15.0 Å². The zero-order valence-electron chi connectivity index (χ0n) is 18.7. The van der Waals surface area contributed by atoms with E-state index < -0.39 is 0 Å². The average Bonchev–Trinajstić information content (AvgIpc) is 2.84. The van der Waals surface area contributed by atoms with Crippen LogP contribution in [0, 0.1) is 0 Å². The van der Waals surface area contributed by atoms with Crippen molar-refractivity contribution in [1.29, 1.82) is 0 Å². The number of rotatable bonds is 7. The molecule has 0 aliphatic rings. The molecule has 3 aromatic carbocycles. The number of aryl methyl sites for hydroxylation is 1. The molecular formula is C25H19BrCl3N3O3. The topological polar surface area (TPSA) is 65.7 Å². The van der Waals surface area contributed by atoms with Gasteiger partial charge in [0.2, 0.25) is 0 Å². The standard InChI is InChI=1S/C25H19BrCl3N3O3/c1-3-23-31-21-7-5-16(26)11-17(21)25(33)32(23)30-12-15-9-20(29)24(22(10-15)34-2)35-13-14-4-6-18(27)19(28)8-14/h4-12H,3,13H2,1-2H3. The molecule has 0 atom stereocenters. The first-order valence-corrected chi connectivity index (χ1v) is 12.4. The molecule has 6 nitrogen and oxygen atoms in total. The van der Waals surface area contributed by atoms with Gasteiger partial charge < -0.3 is 9.47 Å². The summed E-state index contributed by atoms with van der Waals surface area (Å²) in [6, 6.07) is 14.0. The van der Waals surface area contributed by atoms with E-state index >= 15 is 0 Å². The van der Waals surface area contributed by atoms with Crippen molar-refractivity contribution in [3.05, 3.63) is 95.4 Å². The average molecular weight is 596 g/mol. The van der Waals surface area contributed by atoms with E-state index in [1.807, 2.05) is 19.1 Å². The van der Waals surface area contributed by atoms with E-state index in [0.717, 1.165) is 10.0 Å². The maximum Gasteiger partial charge on any atom is 0.282 e. The number of nitrogens with zero attached hydrogens (tertiary/aromatic N) is 3. The maximum atomic E-state index is 13.1. The lowest BCUT2D eigenvalue weighted by Crippen LogP contribution is -2.22. The lowest BCUT2D eigenvalue weighted by molar-refractivity contribution is 0.284. The Kier molecular flexibility index (Phi) is 8.02. The van der Waals surface area contributed by atoms with Gasteiger partial charge in [0.15, 0.2) is 11.5 Å². The van der Waals surface area contributed by atoms with Gasteiger partial charge in [0.05, 0.1) is 39.3 Å². The van der Waals surface area contributed by atoms with Crippen LogP contribution in [-0.4, -0.2) is 23.0 Å². The molecule has 0 radical (unpaired) electrons. The minimum absolute atomic E-state index is 0.216. The van der Waals surface area contributed by atoms with Crippen molar-refractivity contribution >= 4 is 67.9 Å². The summed E-state index contributed by atoms with van der Waals surface area (Å²) in [5, 5.41) is 6.11. The molecule has 180 valence electrons. The Morgan fingerprint density at radius 3 is 2.57 bits per heavy atom. The van der Waals surface area contributed by atoms with E-state index in [1.165, 1.54) is 18.0 Å². The smallest absolute Gasteiger partial charge is 0.282 e. The molecule has 0 aliphatic heterocycles. The normalized spacial score (nSPS) is 11.4. The molecule has 0 fully saturated rings. The van der Waals surface area contributed by atoms with Gasteiger partial charge in [-0.05, 0) is 53.6 Å². The van der Waals surface area contributed by atoms with E-state index in [0.29, 0.717) is 55.3 Å². The first-order valence-electron chi connectivity index (χ1n) is 10.5. The summed E-state index contributed by atoms with van der Waals surface area (Å²) in [5.74, 6) is 1.34. The monoisotopic (exact) mass is 593 g/mol. The van der Waals surface area contributed by atoms with Crippen LogP contribution in [0.3, 0.4) is 0 Å². The zero-order chi connectivity index (χ0) is 25.1. The van der Waals surface area contributed by atoms with Crippen LogP contribution in [-0.2, 0) is 13.0 Å². The maximum absolute atomic E-state index is 13.1. The molecule has 0 bridgehead atoms. The lowest BCUT2D eigenvalue weighted by atomic mass is 10.2. The minimum Gasteiger partial charge on any atom is -0.493 e. The predicted octanol–water partition coefficient (Wildman–Crippen LogP) is 7.15. The summed E-state index contributed by atoms with van der Waals surface area (Å²) < 4.78 is 13.5. The molecule has 1 heterocycles. The van der Waals surface area contributed by atoms with E-state index in [9.17, 15) is 4.79 Å². The molecule has 10 heteroatoms. The number of halogens is 4. The van der Waals surface area contributed by atoms with Crippen molar-refractivity contribution in [2.75, 3.05) is 7.11 Å². The summed E-state index contributed by atoms with van der Waals surface area (Å²) in [6.45, 7) is 2.13. The second-order valence-electron chi connectivity index (χ2n) is 7.48. The van der Waals surface area contributed by atoms with Crippen LogP contribution in [0.4, 0.5) is 0 Å². The van der Waals surface area contributed by atoms with E-state index in [-0.39, 0.29) is 12.2 Å². The highest BCUT2D eigenvalue weighted by atomic mass is 79.9. The Morgan fingerprint density at radius 1 is 1.06 bits per heavy atom.